The third kappa shape index (κ3) is 2.54. The molecule has 1 atom stereocenters. The fraction of sp³-hybridized carbons (Fsp3) is 0.400. The number of rotatable bonds is 4. The van der Waals surface area contributed by atoms with Crippen LogP contribution < -0.4 is 10.2 Å². The van der Waals surface area contributed by atoms with Crippen LogP contribution in [0.4, 0.5) is 0 Å². The quantitative estimate of drug-likeness (QED) is 0.924. The second kappa shape index (κ2) is 5.76. The monoisotopic (exact) mass is 339 g/mol. The molecule has 4 rings (SSSR count). The number of aromatic nitrogens is 1. The zero-order valence-electron chi connectivity index (χ0n) is 14.4. The smallest absolute Gasteiger partial charge is 0.341 e. The molecule has 2 aromatic rings. The highest BCUT2D eigenvalue weighted by atomic mass is 16.5. The Balaban J connectivity index is 1.96. The lowest BCUT2D eigenvalue weighted by Gasteiger charge is -2.31. The van der Waals surface area contributed by atoms with Crippen LogP contribution in [0.15, 0.2) is 29.2 Å². The molecule has 0 saturated heterocycles. The number of methoxy groups -OCH3 is 1. The number of aromatic carboxylic acids is 1. The molecule has 2 aliphatic rings. The Bertz CT molecular complexity index is 924. The van der Waals surface area contributed by atoms with Crippen molar-refractivity contribution in [2.75, 3.05) is 7.11 Å². The van der Waals surface area contributed by atoms with Crippen molar-refractivity contribution in [3.8, 4) is 17.0 Å². The summed E-state index contributed by atoms with van der Waals surface area (Å²) in [5.41, 5.74) is 3.59. The van der Waals surface area contributed by atoms with Crippen LogP contribution in [0.3, 0.4) is 0 Å². The molecule has 1 aliphatic carbocycles. The van der Waals surface area contributed by atoms with E-state index in [-0.39, 0.29) is 11.6 Å². The minimum atomic E-state index is -1.17. The van der Waals surface area contributed by atoms with E-state index in [4.69, 9.17) is 4.74 Å². The molecule has 130 valence electrons. The summed E-state index contributed by atoms with van der Waals surface area (Å²) < 4.78 is 7.57. The summed E-state index contributed by atoms with van der Waals surface area (Å²) in [5.74, 6) is 0.283. The molecule has 0 unspecified atom stereocenters. The number of pyridine rings is 1. The maximum atomic E-state index is 12.3. The Labute approximate surface area is 145 Å². The van der Waals surface area contributed by atoms with Gasteiger partial charge < -0.3 is 14.4 Å². The number of carboxylic acid groups (broad SMARTS) is 1. The Morgan fingerprint density at radius 1 is 1.32 bits per heavy atom. The molecule has 1 aromatic carbocycles. The number of carbonyl (C=O) groups is 1. The Hall–Kier alpha value is -2.56. The zero-order chi connectivity index (χ0) is 17.7. The standard InChI is InChI=1S/C20H21NO4/c1-3-13-6-12-7-19(25-2)15(11-4-5-11)8-14(12)17-9-18(22)16(20(23)24)10-21(13)17/h7-11,13H,3-6H2,1-2H3,(H,23,24)/t13-/m1/s1. The average Bonchev–Trinajstić information content (AvgIpc) is 3.44. The van der Waals surface area contributed by atoms with Crippen molar-refractivity contribution in [3.05, 3.63) is 51.3 Å². The molecule has 1 N–H and O–H groups in total. The lowest BCUT2D eigenvalue weighted by Crippen LogP contribution is -2.25. The van der Waals surface area contributed by atoms with Gasteiger partial charge in [-0.3, -0.25) is 4.79 Å². The maximum Gasteiger partial charge on any atom is 0.341 e. The van der Waals surface area contributed by atoms with E-state index in [0.29, 0.717) is 5.92 Å². The predicted molar refractivity (Wildman–Crippen MR) is 94.7 cm³/mol. The molecule has 0 spiro atoms. The van der Waals surface area contributed by atoms with Gasteiger partial charge in [-0.25, -0.2) is 4.79 Å². The van der Waals surface area contributed by atoms with Gasteiger partial charge in [-0.1, -0.05) is 6.92 Å². The molecular weight excluding hydrogens is 318 g/mol. The van der Waals surface area contributed by atoms with Crippen molar-refractivity contribution in [1.29, 1.82) is 0 Å². The highest BCUT2D eigenvalue weighted by Crippen LogP contribution is 2.48. The van der Waals surface area contributed by atoms with Crippen LogP contribution in [-0.4, -0.2) is 22.8 Å². The van der Waals surface area contributed by atoms with Crippen molar-refractivity contribution in [1.82, 2.24) is 4.57 Å². The number of carboxylic acids is 1. The first kappa shape index (κ1) is 15.9. The minimum absolute atomic E-state index is 0.137. The van der Waals surface area contributed by atoms with Gasteiger partial charge in [0.2, 0.25) is 0 Å². The fourth-order valence-corrected chi connectivity index (χ4v) is 3.86. The number of ether oxygens (including phenoxy) is 1. The van der Waals surface area contributed by atoms with Gasteiger partial charge in [-0.05, 0) is 54.9 Å². The Morgan fingerprint density at radius 2 is 2.08 bits per heavy atom. The summed E-state index contributed by atoms with van der Waals surface area (Å²) in [7, 11) is 1.70. The SMILES string of the molecule is CC[C@@H]1Cc2cc(OC)c(C3CC3)cc2-c2cc(=O)c(C(=O)O)cn21. The number of nitrogens with zero attached hydrogens (tertiary/aromatic N) is 1. The lowest BCUT2D eigenvalue weighted by atomic mass is 9.88. The molecule has 1 saturated carbocycles. The van der Waals surface area contributed by atoms with Gasteiger partial charge in [0, 0.05) is 23.9 Å². The van der Waals surface area contributed by atoms with Gasteiger partial charge in [0.15, 0.2) is 5.43 Å². The van der Waals surface area contributed by atoms with E-state index in [2.05, 4.69) is 19.1 Å². The lowest BCUT2D eigenvalue weighted by molar-refractivity contribution is 0.0694. The van der Waals surface area contributed by atoms with Crippen molar-refractivity contribution in [3.63, 3.8) is 0 Å². The summed E-state index contributed by atoms with van der Waals surface area (Å²) in [6.07, 6.45) is 5.51. The van der Waals surface area contributed by atoms with Crippen LogP contribution in [0.5, 0.6) is 5.75 Å². The number of fused-ring (bicyclic) bond motifs is 3. The molecule has 25 heavy (non-hydrogen) atoms. The first-order valence-electron chi connectivity index (χ1n) is 8.74. The van der Waals surface area contributed by atoms with E-state index in [0.717, 1.165) is 48.3 Å². The van der Waals surface area contributed by atoms with Crippen molar-refractivity contribution in [2.24, 2.45) is 0 Å². The van der Waals surface area contributed by atoms with Gasteiger partial charge in [-0.15, -0.1) is 0 Å². The summed E-state index contributed by atoms with van der Waals surface area (Å²) in [5, 5.41) is 9.29. The van der Waals surface area contributed by atoms with Gasteiger partial charge in [0.1, 0.15) is 11.3 Å². The molecule has 0 amide bonds. The van der Waals surface area contributed by atoms with Gasteiger partial charge >= 0.3 is 5.97 Å². The second-order valence-electron chi connectivity index (χ2n) is 6.94. The largest absolute Gasteiger partial charge is 0.496 e. The molecule has 5 nitrogen and oxygen atoms in total. The third-order valence-electron chi connectivity index (χ3n) is 5.38. The summed E-state index contributed by atoms with van der Waals surface area (Å²) in [6.45, 7) is 2.08. The molecule has 1 aromatic heterocycles. The van der Waals surface area contributed by atoms with Gasteiger partial charge in [0.25, 0.3) is 0 Å². The highest BCUT2D eigenvalue weighted by molar-refractivity contribution is 5.87. The van der Waals surface area contributed by atoms with E-state index < -0.39 is 11.4 Å². The fourth-order valence-electron chi connectivity index (χ4n) is 3.86. The van der Waals surface area contributed by atoms with Crippen LogP contribution in [0, 0.1) is 0 Å². The van der Waals surface area contributed by atoms with Crippen molar-refractivity contribution in [2.45, 2.75) is 44.6 Å². The highest BCUT2D eigenvalue weighted by Gasteiger charge is 2.31. The predicted octanol–water partition coefficient (Wildman–Crippen LogP) is 3.61. The number of benzene rings is 1. The maximum absolute atomic E-state index is 12.3. The van der Waals surface area contributed by atoms with Crippen molar-refractivity contribution < 1.29 is 14.6 Å². The number of hydrogen-bond donors (Lipinski definition) is 1. The van der Waals surface area contributed by atoms with Crippen LogP contribution in [0.25, 0.3) is 11.3 Å². The topological polar surface area (TPSA) is 68.5 Å². The Kier molecular flexibility index (Phi) is 3.67. The molecular formula is C20H21NO4. The third-order valence-corrected chi connectivity index (χ3v) is 5.38. The van der Waals surface area contributed by atoms with Crippen LogP contribution in [0.1, 0.15) is 59.6 Å². The normalized spacial score (nSPS) is 18.4. The van der Waals surface area contributed by atoms with E-state index in [1.54, 1.807) is 7.11 Å². The molecule has 1 aliphatic heterocycles. The van der Waals surface area contributed by atoms with Gasteiger partial charge in [-0.2, -0.15) is 0 Å². The molecule has 1 fully saturated rings. The minimum Gasteiger partial charge on any atom is -0.496 e. The molecule has 2 heterocycles. The zero-order valence-corrected chi connectivity index (χ0v) is 14.4. The summed E-state index contributed by atoms with van der Waals surface area (Å²) >= 11 is 0. The van der Waals surface area contributed by atoms with Crippen LogP contribution in [0.2, 0.25) is 0 Å². The van der Waals surface area contributed by atoms with E-state index in [1.807, 2.05) is 4.57 Å². The first-order chi connectivity index (χ1) is 12.0. The molecule has 0 radical (unpaired) electrons. The molecule has 0 bridgehead atoms. The van der Waals surface area contributed by atoms with E-state index in [1.165, 1.54) is 17.8 Å². The summed E-state index contributed by atoms with van der Waals surface area (Å²) in [6, 6.07) is 5.86. The van der Waals surface area contributed by atoms with Crippen LogP contribution >= 0.6 is 0 Å². The second-order valence-corrected chi connectivity index (χ2v) is 6.94. The first-order valence-corrected chi connectivity index (χ1v) is 8.74. The van der Waals surface area contributed by atoms with Crippen LogP contribution in [-0.2, 0) is 6.42 Å². The van der Waals surface area contributed by atoms with Crippen molar-refractivity contribution >= 4 is 5.97 Å². The number of hydrogen-bond acceptors (Lipinski definition) is 3. The van der Waals surface area contributed by atoms with Gasteiger partial charge in [0.05, 0.1) is 12.8 Å². The Morgan fingerprint density at radius 3 is 2.68 bits per heavy atom. The van der Waals surface area contributed by atoms with E-state index in [9.17, 15) is 14.7 Å². The molecule has 5 heteroatoms. The average molecular weight is 339 g/mol. The van der Waals surface area contributed by atoms with E-state index >= 15 is 0 Å². The summed E-state index contributed by atoms with van der Waals surface area (Å²) in [4.78, 5) is 23.6.